The van der Waals surface area contributed by atoms with Crippen molar-refractivity contribution in [1.82, 2.24) is 0 Å². The molecule has 17 heavy (non-hydrogen) atoms. The Labute approximate surface area is 101 Å². The largest absolute Gasteiger partial charge is 0.386 e. The summed E-state index contributed by atoms with van der Waals surface area (Å²) < 4.78 is 5.65. The molecule has 3 heteroatoms. The van der Waals surface area contributed by atoms with Crippen molar-refractivity contribution < 1.29 is 14.6 Å². The Balaban J connectivity index is 1.77. The molecule has 0 heterocycles. The van der Waals surface area contributed by atoms with Gasteiger partial charge in [0.15, 0.2) is 0 Å². The van der Waals surface area contributed by atoms with E-state index in [0.29, 0.717) is 25.2 Å². The van der Waals surface area contributed by atoms with E-state index in [1.165, 1.54) is 0 Å². The van der Waals surface area contributed by atoms with Gasteiger partial charge in [-0.2, -0.15) is 0 Å². The van der Waals surface area contributed by atoms with Crippen molar-refractivity contribution in [2.75, 3.05) is 6.61 Å². The molecule has 1 aliphatic carbocycles. The number of aliphatic hydroxyl groups excluding tert-OH is 1. The maximum absolute atomic E-state index is 11.1. The van der Waals surface area contributed by atoms with Gasteiger partial charge in [0, 0.05) is 12.8 Å². The zero-order valence-electron chi connectivity index (χ0n) is 9.84. The first-order valence-corrected chi connectivity index (χ1v) is 6.12. The minimum Gasteiger partial charge on any atom is -0.386 e. The minimum atomic E-state index is -0.575. The molecule has 1 fully saturated rings. The summed E-state index contributed by atoms with van der Waals surface area (Å²) in [4.78, 5) is 11.1. The van der Waals surface area contributed by atoms with E-state index in [4.69, 9.17) is 4.74 Å². The van der Waals surface area contributed by atoms with Gasteiger partial charge >= 0.3 is 0 Å². The molecular weight excluding hydrogens is 216 g/mol. The van der Waals surface area contributed by atoms with Gasteiger partial charge in [-0.1, -0.05) is 30.3 Å². The van der Waals surface area contributed by atoms with Gasteiger partial charge in [-0.25, -0.2) is 0 Å². The van der Waals surface area contributed by atoms with Gasteiger partial charge in [0.05, 0.1) is 12.7 Å². The van der Waals surface area contributed by atoms with E-state index in [1.807, 2.05) is 30.3 Å². The van der Waals surface area contributed by atoms with Crippen LogP contribution >= 0.6 is 0 Å². The second-order valence-electron chi connectivity index (χ2n) is 4.50. The lowest BCUT2D eigenvalue weighted by molar-refractivity contribution is -0.123. The van der Waals surface area contributed by atoms with Gasteiger partial charge in [0.25, 0.3) is 0 Å². The summed E-state index contributed by atoms with van der Waals surface area (Å²) in [5, 5.41) is 9.91. The highest BCUT2D eigenvalue weighted by Gasteiger charge is 2.20. The molecule has 0 bridgehead atoms. The van der Waals surface area contributed by atoms with Crippen LogP contribution in [-0.2, 0) is 9.53 Å². The standard InChI is InChI=1S/C14H18O3/c15-12-6-8-13(9-7-12)17-10-14(16)11-4-2-1-3-5-11/h1-5,13-14,16H,6-10H2. The first kappa shape index (κ1) is 12.3. The molecule has 1 aromatic rings. The molecule has 1 atom stereocenters. The summed E-state index contributed by atoms with van der Waals surface area (Å²) in [5.41, 5.74) is 0.874. The highest BCUT2D eigenvalue weighted by atomic mass is 16.5. The quantitative estimate of drug-likeness (QED) is 0.869. The van der Waals surface area contributed by atoms with Crippen LogP contribution in [0.5, 0.6) is 0 Å². The van der Waals surface area contributed by atoms with Crippen LogP contribution in [-0.4, -0.2) is 23.6 Å². The molecule has 3 nitrogen and oxygen atoms in total. The van der Waals surface area contributed by atoms with Gasteiger partial charge in [0.1, 0.15) is 11.9 Å². The molecule has 0 aromatic heterocycles. The fraction of sp³-hybridized carbons (Fsp3) is 0.500. The SMILES string of the molecule is O=C1CCC(OCC(O)c2ccccc2)CC1. The molecule has 92 valence electrons. The van der Waals surface area contributed by atoms with E-state index >= 15 is 0 Å². The number of carbonyl (C=O) groups excluding carboxylic acids is 1. The Kier molecular flexibility index (Phi) is 4.29. The number of rotatable bonds is 4. The molecule has 0 amide bonds. The molecule has 1 aliphatic rings. The number of carbonyl (C=O) groups is 1. The maximum atomic E-state index is 11.1. The van der Waals surface area contributed by atoms with Crippen molar-refractivity contribution in [2.45, 2.75) is 37.9 Å². The molecular formula is C14H18O3. The average molecular weight is 234 g/mol. The van der Waals surface area contributed by atoms with Crippen LogP contribution in [0.3, 0.4) is 0 Å². The summed E-state index contributed by atoms with van der Waals surface area (Å²) in [7, 11) is 0. The first-order valence-electron chi connectivity index (χ1n) is 6.12. The molecule has 0 radical (unpaired) electrons. The van der Waals surface area contributed by atoms with Gasteiger partial charge in [-0.15, -0.1) is 0 Å². The average Bonchev–Trinajstić information content (AvgIpc) is 2.39. The molecule has 0 saturated heterocycles. The summed E-state index contributed by atoms with van der Waals surface area (Å²) in [6.07, 6.45) is 2.37. The smallest absolute Gasteiger partial charge is 0.133 e. The van der Waals surface area contributed by atoms with Crippen LogP contribution in [0.15, 0.2) is 30.3 Å². The van der Waals surface area contributed by atoms with E-state index in [0.717, 1.165) is 18.4 Å². The number of aliphatic hydroxyl groups is 1. The summed E-state index contributed by atoms with van der Waals surface area (Å²) in [6.45, 7) is 0.308. The van der Waals surface area contributed by atoms with Crippen molar-refractivity contribution in [3.63, 3.8) is 0 Å². The van der Waals surface area contributed by atoms with Gasteiger partial charge in [-0.3, -0.25) is 4.79 Å². The number of hydrogen-bond donors (Lipinski definition) is 1. The molecule has 1 unspecified atom stereocenters. The Morgan fingerprint density at radius 1 is 1.24 bits per heavy atom. The zero-order valence-corrected chi connectivity index (χ0v) is 9.84. The summed E-state index contributed by atoms with van der Waals surface area (Å²) in [6, 6.07) is 9.50. The number of ketones is 1. The van der Waals surface area contributed by atoms with Gasteiger partial charge in [0.2, 0.25) is 0 Å². The van der Waals surface area contributed by atoms with Crippen molar-refractivity contribution in [3.8, 4) is 0 Å². The highest BCUT2D eigenvalue weighted by Crippen LogP contribution is 2.20. The Bertz CT molecular complexity index is 351. The van der Waals surface area contributed by atoms with Crippen molar-refractivity contribution in [2.24, 2.45) is 0 Å². The molecule has 1 N–H and O–H groups in total. The van der Waals surface area contributed by atoms with Crippen molar-refractivity contribution >= 4 is 5.78 Å². The third kappa shape index (κ3) is 3.65. The lowest BCUT2D eigenvalue weighted by Gasteiger charge is -2.23. The molecule has 0 aliphatic heterocycles. The van der Waals surface area contributed by atoms with E-state index in [-0.39, 0.29) is 6.10 Å². The van der Waals surface area contributed by atoms with Crippen LogP contribution in [0.4, 0.5) is 0 Å². The fourth-order valence-electron chi connectivity index (χ4n) is 2.08. The molecule has 1 aromatic carbocycles. The van der Waals surface area contributed by atoms with Crippen molar-refractivity contribution in [3.05, 3.63) is 35.9 Å². The van der Waals surface area contributed by atoms with Crippen LogP contribution in [0.25, 0.3) is 0 Å². The van der Waals surface area contributed by atoms with Crippen LogP contribution in [0.2, 0.25) is 0 Å². The van der Waals surface area contributed by atoms with Gasteiger partial charge < -0.3 is 9.84 Å². The number of benzene rings is 1. The molecule has 0 spiro atoms. The summed E-state index contributed by atoms with van der Waals surface area (Å²) in [5.74, 6) is 0.327. The maximum Gasteiger partial charge on any atom is 0.133 e. The van der Waals surface area contributed by atoms with E-state index in [1.54, 1.807) is 0 Å². The Morgan fingerprint density at radius 3 is 2.53 bits per heavy atom. The lowest BCUT2D eigenvalue weighted by atomic mass is 9.96. The van der Waals surface area contributed by atoms with E-state index in [9.17, 15) is 9.90 Å². The minimum absolute atomic E-state index is 0.131. The Morgan fingerprint density at radius 2 is 1.88 bits per heavy atom. The fourth-order valence-corrected chi connectivity index (χ4v) is 2.08. The van der Waals surface area contributed by atoms with Crippen LogP contribution in [0.1, 0.15) is 37.4 Å². The number of hydrogen-bond acceptors (Lipinski definition) is 3. The Hall–Kier alpha value is -1.19. The topological polar surface area (TPSA) is 46.5 Å². The lowest BCUT2D eigenvalue weighted by Crippen LogP contribution is -2.23. The number of ether oxygens (including phenoxy) is 1. The zero-order chi connectivity index (χ0) is 12.1. The monoisotopic (exact) mass is 234 g/mol. The first-order chi connectivity index (χ1) is 8.25. The second kappa shape index (κ2) is 5.94. The summed E-state index contributed by atoms with van der Waals surface area (Å²) >= 11 is 0. The van der Waals surface area contributed by atoms with Crippen LogP contribution in [0, 0.1) is 0 Å². The molecule has 1 saturated carbocycles. The second-order valence-corrected chi connectivity index (χ2v) is 4.50. The van der Waals surface area contributed by atoms with Gasteiger partial charge in [-0.05, 0) is 18.4 Å². The van der Waals surface area contributed by atoms with E-state index < -0.39 is 6.10 Å². The number of Topliss-reactive ketones (excluding diaryl/α,β-unsaturated/α-hetero) is 1. The molecule has 2 rings (SSSR count). The predicted octanol–water partition coefficient (Wildman–Crippen LogP) is 2.25. The van der Waals surface area contributed by atoms with Crippen molar-refractivity contribution in [1.29, 1.82) is 0 Å². The third-order valence-electron chi connectivity index (χ3n) is 3.16. The normalized spacial score (nSPS) is 19.2. The highest BCUT2D eigenvalue weighted by molar-refractivity contribution is 5.79. The predicted molar refractivity (Wildman–Crippen MR) is 64.6 cm³/mol. The van der Waals surface area contributed by atoms with Crippen LogP contribution < -0.4 is 0 Å². The third-order valence-corrected chi connectivity index (χ3v) is 3.16. The van der Waals surface area contributed by atoms with E-state index in [2.05, 4.69) is 0 Å².